The summed E-state index contributed by atoms with van der Waals surface area (Å²) in [6, 6.07) is 14.0. The summed E-state index contributed by atoms with van der Waals surface area (Å²) < 4.78 is 42.2. The first-order valence-corrected chi connectivity index (χ1v) is 9.72. The van der Waals surface area contributed by atoms with Gasteiger partial charge in [-0.3, -0.25) is 9.79 Å². The number of carbonyl (C=O) groups is 1. The van der Waals surface area contributed by atoms with Gasteiger partial charge in [-0.25, -0.2) is 0 Å². The number of carbonyl (C=O) groups excluding carboxylic acids is 1. The highest BCUT2D eigenvalue weighted by Crippen LogP contribution is 2.22. The van der Waals surface area contributed by atoms with Gasteiger partial charge in [-0.05, 0) is 30.2 Å². The number of guanidine groups is 1. The molecule has 6 nitrogen and oxygen atoms in total. The number of nitrogens with zero attached hydrogens (tertiary/aromatic N) is 2. The summed E-state index contributed by atoms with van der Waals surface area (Å²) in [4.78, 5) is 17.7. The van der Waals surface area contributed by atoms with Crippen molar-refractivity contribution in [2.45, 2.75) is 19.1 Å². The summed E-state index contributed by atoms with van der Waals surface area (Å²) in [6.07, 6.45) is -3.73. The number of benzene rings is 2. The van der Waals surface area contributed by atoms with Crippen LogP contribution in [0.2, 0.25) is 0 Å². The molecule has 9 heteroatoms. The zero-order chi connectivity index (χ0) is 22.9. The fourth-order valence-corrected chi connectivity index (χ4v) is 2.79. The van der Waals surface area contributed by atoms with Crippen molar-refractivity contribution in [1.29, 1.82) is 0 Å². The van der Waals surface area contributed by atoms with Crippen molar-refractivity contribution < 1.29 is 22.7 Å². The van der Waals surface area contributed by atoms with Gasteiger partial charge in [-0.2, -0.15) is 13.2 Å². The molecule has 0 saturated carbocycles. The number of nitrogens with one attached hydrogen (secondary N) is 2. The highest BCUT2D eigenvalue weighted by atomic mass is 19.4. The number of rotatable bonds is 8. The van der Waals surface area contributed by atoms with Crippen LogP contribution in [0.3, 0.4) is 0 Å². The Bertz CT molecular complexity index is 898. The molecule has 0 bridgehead atoms. The van der Waals surface area contributed by atoms with Crippen LogP contribution in [-0.2, 0) is 13.0 Å². The Morgan fingerprint density at radius 3 is 2.52 bits per heavy atom. The number of para-hydroxylation sites is 1. The minimum atomic E-state index is -4.40. The summed E-state index contributed by atoms with van der Waals surface area (Å²) >= 11 is 0. The Morgan fingerprint density at radius 2 is 1.84 bits per heavy atom. The van der Waals surface area contributed by atoms with Crippen molar-refractivity contribution in [1.82, 2.24) is 15.5 Å². The Balaban J connectivity index is 1.88. The molecule has 1 amide bonds. The maximum atomic E-state index is 12.4. The van der Waals surface area contributed by atoms with Gasteiger partial charge < -0.3 is 20.3 Å². The molecule has 0 saturated heterocycles. The van der Waals surface area contributed by atoms with E-state index in [-0.39, 0.29) is 18.2 Å². The lowest BCUT2D eigenvalue weighted by Crippen LogP contribution is -2.38. The summed E-state index contributed by atoms with van der Waals surface area (Å²) in [6.45, 7) is -0.529. The molecule has 0 spiro atoms. The summed E-state index contributed by atoms with van der Waals surface area (Å²) in [5.41, 5.74) is 2.21. The fourth-order valence-electron chi connectivity index (χ4n) is 2.79. The minimum Gasteiger partial charge on any atom is -0.484 e. The predicted octanol–water partition coefficient (Wildman–Crippen LogP) is 3.24. The molecule has 0 aliphatic rings. The Hall–Kier alpha value is -3.23. The standard InChI is InChI=1S/C22H27F3N4O2/c1-26-21(27-12-11-16-7-6-9-17(13-16)20(30)29(2)3)28-14-18-8-4-5-10-19(18)31-15-22(23,24)25/h4-10,13H,11-12,14-15H2,1-3H3,(H2,26,27,28). The van der Waals surface area contributed by atoms with Crippen LogP contribution in [-0.4, -0.2) is 57.2 Å². The van der Waals surface area contributed by atoms with E-state index in [1.54, 1.807) is 45.4 Å². The first kappa shape index (κ1) is 24.0. The topological polar surface area (TPSA) is 66.0 Å². The molecule has 2 N–H and O–H groups in total. The molecular weight excluding hydrogens is 409 g/mol. The monoisotopic (exact) mass is 436 g/mol. The molecule has 2 rings (SSSR count). The maximum absolute atomic E-state index is 12.4. The number of hydrogen-bond donors (Lipinski definition) is 2. The molecule has 2 aromatic carbocycles. The number of halogens is 3. The van der Waals surface area contributed by atoms with Crippen molar-refractivity contribution >= 4 is 11.9 Å². The van der Waals surface area contributed by atoms with Crippen LogP contribution >= 0.6 is 0 Å². The Morgan fingerprint density at radius 1 is 1.10 bits per heavy atom. The molecule has 0 heterocycles. The minimum absolute atomic E-state index is 0.0568. The highest BCUT2D eigenvalue weighted by molar-refractivity contribution is 5.94. The molecule has 0 aromatic heterocycles. The van der Waals surface area contributed by atoms with Gasteiger partial charge in [-0.1, -0.05) is 30.3 Å². The highest BCUT2D eigenvalue weighted by Gasteiger charge is 2.28. The molecule has 0 unspecified atom stereocenters. The molecule has 0 aliphatic heterocycles. The van der Waals surface area contributed by atoms with Gasteiger partial charge in [-0.15, -0.1) is 0 Å². The summed E-state index contributed by atoms with van der Waals surface area (Å²) in [7, 11) is 5.02. The summed E-state index contributed by atoms with van der Waals surface area (Å²) in [5, 5.41) is 6.23. The molecule has 2 aromatic rings. The molecule has 0 aliphatic carbocycles. The van der Waals surface area contributed by atoms with Crippen LogP contribution in [0.5, 0.6) is 5.75 Å². The van der Waals surface area contributed by atoms with Crippen molar-refractivity contribution in [3.63, 3.8) is 0 Å². The average Bonchev–Trinajstić information content (AvgIpc) is 2.74. The third-order valence-electron chi connectivity index (χ3n) is 4.32. The lowest BCUT2D eigenvalue weighted by atomic mass is 10.1. The van der Waals surface area contributed by atoms with E-state index < -0.39 is 12.8 Å². The molecule has 0 fully saturated rings. The van der Waals surface area contributed by atoms with Gasteiger partial charge in [0.25, 0.3) is 5.91 Å². The number of alkyl halides is 3. The second-order valence-corrected chi connectivity index (χ2v) is 7.01. The lowest BCUT2D eigenvalue weighted by Gasteiger charge is -2.16. The SMILES string of the molecule is CN=C(NCCc1cccc(C(=O)N(C)C)c1)NCc1ccccc1OCC(F)(F)F. The van der Waals surface area contributed by atoms with Crippen LogP contribution in [0.4, 0.5) is 13.2 Å². The van der Waals surface area contributed by atoms with Gasteiger partial charge in [0.05, 0.1) is 0 Å². The Labute approximate surface area is 180 Å². The van der Waals surface area contributed by atoms with Gasteiger partial charge in [0.2, 0.25) is 0 Å². The fraction of sp³-hybridized carbons (Fsp3) is 0.364. The molecule has 31 heavy (non-hydrogen) atoms. The third kappa shape index (κ3) is 8.19. The van der Waals surface area contributed by atoms with Crippen LogP contribution in [0, 0.1) is 0 Å². The van der Waals surface area contributed by atoms with Crippen LogP contribution in [0.1, 0.15) is 21.5 Å². The van der Waals surface area contributed by atoms with Gasteiger partial charge in [0.15, 0.2) is 12.6 Å². The van der Waals surface area contributed by atoms with E-state index in [2.05, 4.69) is 15.6 Å². The number of ether oxygens (including phenoxy) is 1. The molecule has 0 radical (unpaired) electrons. The van der Waals surface area contributed by atoms with Crippen molar-refractivity contribution in [3.8, 4) is 5.75 Å². The van der Waals surface area contributed by atoms with E-state index in [1.807, 2.05) is 18.2 Å². The zero-order valence-corrected chi connectivity index (χ0v) is 17.8. The van der Waals surface area contributed by atoms with Crippen LogP contribution in [0.25, 0.3) is 0 Å². The average molecular weight is 436 g/mol. The smallest absolute Gasteiger partial charge is 0.422 e. The largest absolute Gasteiger partial charge is 0.484 e. The van der Waals surface area contributed by atoms with Crippen molar-refractivity contribution in [2.75, 3.05) is 34.3 Å². The van der Waals surface area contributed by atoms with E-state index >= 15 is 0 Å². The second kappa shape index (κ2) is 11.2. The quantitative estimate of drug-likeness (QED) is 0.493. The third-order valence-corrected chi connectivity index (χ3v) is 4.32. The van der Waals surface area contributed by atoms with E-state index in [0.717, 1.165) is 5.56 Å². The van der Waals surface area contributed by atoms with Gasteiger partial charge in [0, 0.05) is 45.4 Å². The van der Waals surface area contributed by atoms with Gasteiger partial charge >= 0.3 is 6.18 Å². The van der Waals surface area contributed by atoms with E-state index in [9.17, 15) is 18.0 Å². The lowest BCUT2D eigenvalue weighted by molar-refractivity contribution is -0.153. The summed E-state index contributed by atoms with van der Waals surface area (Å²) in [5.74, 6) is 0.620. The number of aliphatic imine (C=N–C) groups is 1. The Kier molecular flexibility index (Phi) is 8.72. The first-order chi connectivity index (χ1) is 14.7. The molecule has 168 valence electrons. The number of hydrogen-bond acceptors (Lipinski definition) is 3. The van der Waals surface area contributed by atoms with Crippen LogP contribution < -0.4 is 15.4 Å². The zero-order valence-electron chi connectivity index (χ0n) is 17.8. The molecular formula is C22H27F3N4O2. The second-order valence-electron chi connectivity index (χ2n) is 7.01. The first-order valence-electron chi connectivity index (χ1n) is 9.72. The van der Waals surface area contributed by atoms with E-state index in [0.29, 0.717) is 30.1 Å². The van der Waals surface area contributed by atoms with Gasteiger partial charge in [0.1, 0.15) is 5.75 Å². The van der Waals surface area contributed by atoms with Crippen LogP contribution in [0.15, 0.2) is 53.5 Å². The maximum Gasteiger partial charge on any atom is 0.422 e. The van der Waals surface area contributed by atoms with Crippen molar-refractivity contribution in [2.24, 2.45) is 4.99 Å². The van der Waals surface area contributed by atoms with E-state index in [1.165, 1.54) is 11.0 Å². The predicted molar refractivity (Wildman–Crippen MR) is 114 cm³/mol. The van der Waals surface area contributed by atoms with E-state index in [4.69, 9.17) is 4.74 Å². The normalized spacial score (nSPS) is 11.7. The number of amides is 1. The molecule has 0 atom stereocenters. The van der Waals surface area contributed by atoms with Crippen molar-refractivity contribution in [3.05, 3.63) is 65.2 Å².